The molecule has 0 saturated carbocycles. The lowest BCUT2D eigenvalue weighted by atomic mass is 10.2. The Hall–Kier alpha value is -2.50. The molecule has 0 radical (unpaired) electrons. The van der Waals surface area contributed by atoms with Crippen molar-refractivity contribution in [3.05, 3.63) is 59.6 Å². The van der Waals surface area contributed by atoms with Crippen LogP contribution >= 0.6 is 0 Å². The van der Waals surface area contributed by atoms with Crippen LogP contribution in [0.3, 0.4) is 0 Å². The molecule has 1 N–H and O–H groups in total. The van der Waals surface area contributed by atoms with Crippen molar-refractivity contribution < 1.29 is 8.78 Å². The minimum atomic E-state index is -0.463. The molecule has 0 fully saturated rings. The fourth-order valence-corrected chi connectivity index (χ4v) is 2.04. The van der Waals surface area contributed by atoms with Crippen LogP contribution in [0.5, 0.6) is 0 Å². The minimum Gasteiger partial charge on any atom is -0.364 e. The van der Waals surface area contributed by atoms with E-state index in [1.165, 1.54) is 6.07 Å². The maximum atomic E-state index is 13.5. The molecule has 1 aromatic carbocycles. The fourth-order valence-electron chi connectivity index (χ4n) is 2.04. The summed E-state index contributed by atoms with van der Waals surface area (Å²) in [6.45, 7) is 2.03. The van der Waals surface area contributed by atoms with Crippen molar-refractivity contribution in [3.8, 4) is 0 Å². The van der Waals surface area contributed by atoms with Gasteiger partial charge in [0.2, 0.25) is 0 Å². The Kier molecular flexibility index (Phi) is 3.06. The van der Waals surface area contributed by atoms with E-state index in [-0.39, 0.29) is 12.1 Å². The van der Waals surface area contributed by atoms with Gasteiger partial charge in [-0.15, -0.1) is 0 Å². The second kappa shape index (κ2) is 4.88. The van der Waals surface area contributed by atoms with E-state index in [1.54, 1.807) is 16.9 Å². The lowest BCUT2D eigenvalue weighted by Crippen LogP contribution is -2.05. The number of hydrogen-bond acceptors (Lipinski definition) is 3. The SMILES string of the molecule is Cc1cc2c(NCc3cc(F)ccc3F)nccn2n1. The largest absolute Gasteiger partial charge is 0.364 e. The standard InChI is InChI=1S/C14H12F2N4/c1-9-6-13-14(17-4-5-20(13)19-9)18-8-10-7-11(15)2-3-12(10)16/h2-7H,8H2,1H3,(H,17,18). The average Bonchev–Trinajstić information content (AvgIpc) is 2.80. The summed E-state index contributed by atoms with van der Waals surface area (Å²) in [6.07, 6.45) is 3.33. The second-order valence-corrected chi connectivity index (χ2v) is 4.48. The van der Waals surface area contributed by atoms with Crippen molar-refractivity contribution in [1.82, 2.24) is 14.6 Å². The first-order valence-corrected chi connectivity index (χ1v) is 6.12. The summed E-state index contributed by atoms with van der Waals surface area (Å²) in [7, 11) is 0. The quantitative estimate of drug-likeness (QED) is 0.798. The predicted octanol–water partition coefficient (Wildman–Crippen LogP) is 2.93. The zero-order valence-electron chi connectivity index (χ0n) is 10.8. The van der Waals surface area contributed by atoms with Crippen LogP contribution < -0.4 is 5.32 Å². The highest BCUT2D eigenvalue weighted by Gasteiger charge is 2.07. The van der Waals surface area contributed by atoms with E-state index >= 15 is 0 Å². The van der Waals surface area contributed by atoms with Crippen molar-refractivity contribution >= 4 is 11.3 Å². The van der Waals surface area contributed by atoms with Gasteiger partial charge in [-0.05, 0) is 31.2 Å². The maximum absolute atomic E-state index is 13.5. The molecule has 102 valence electrons. The molecule has 0 aliphatic carbocycles. The van der Waals surface area contributed by atoms with E-state index in [1.807, 2.05) is 13.0 Å². The van der Waals surface area contributed by atoms with Crippen molar-refractivity contribution in [1.29, 1.82) is 0 Å². The Morgan fingerprint density at radius 1 is 1.25 bits per heavy atom. The number of nitrogens with one attached hydrogen (secondary N) is 1. The maximum Gasteiger partial charge on any atom is 0.152 e. The first-order valence-electron chi connectivity index (χ1n) is 6.12. The fraction of sp³-hybridized carbons (Fsp3) is 0.143. The average molecular weight is 274 g/mol. The van der Waals surface area contributed by atoms with E-state index < -0.39 is 11.6 Å². The third-order valence-corrected chi connectivity index (χ3v) is 2.97. The van der Waals surface area contributed by atoms with Crippen LogP contribution in [0.2, 0.25) is 0 Å². The normalized spacial score (nSPS) is 10.9. The summed E-state index contributed by atoms with van der Waals surface area (Å²) in [5.41, 5.74) is 1.91. The summed E-state index contributed by atoms with van der Waals surface area (Å²) in [5, 5.41) is 7.27. The number of aryl methyl sites for hydroxylation is 1. The Morgan fingerprint density at radius 3 is 2.95 bits per heavy atom. The van der Waals surface area contributed by atoms with Crippen LogP contribution in [0, 0.1) is 18.6 Å². The minimum absolute atomic E-state index is 0.153. The molecule has 0 atom stereocenters. The van der Waals surface area contributed by atoms with Gasteiger partial charge in [0.15, 0.2) is 5.82 Å². The molecule has 2 aromatic heterocycles. The topological polar surface area (TPSA) is 42.2 Å². The summed E-state index contributed by atoms with van der Waals surface area (Å²) in [5.74, 6) is -0.332. The molecule has 0 aliphatic heterocycles. The zero-order chi connectivity index (χ0) is 14.1. The lowest BCUT2D eigenvalue weighted by Gasteiger charge is -2.08. The number of hydrogen-bond donors (Lipinski definition) is 1. The third-order valence-electron chi connectivity index (χ3n) is 2.97. The third kappa shape index (κ3) is 2.32. The molecule has 0 saturated heterocycles. The highest BCUT2D eigenvalue weighted by Crippen LogP contribution is 2.17. The van der Waals surface area contributed by atoms with Crippen molar-refractivity contribution in [2.75, 3.05) is 5.32 Å². The summed E-state index contributed by atoms with van der Waals surface area (Å²) in [4.78, 5) is 4.20. The molecule has 0 amide bonds. The van der Waals surface area contributed by atoms with Gasteiger partial charge in [-0.25, -0.2) is 18.3 Å². The highest BCUT2D eigenvalue weighted by atomic mass is 19.1. The summed E-state index contributed by atoms with van der Waals surface area (Å²) >= 11 is 0. The Bertz CT molecular complexity index is 767. The van der Waals surface area contributed by atoms with Crippen LogP contribution in [0.1, 0.15) is 11.3 Å². The molecule has 3 aromatic rings. The number of halogens is 2. The Morgan fingerprint density at radius 2 is 2.10 bits per heavy atom. The molecule has 0 unspecified atom stereocenters. The van der Waals surface area contributed by atoms with Gasteiger partial charge in [0.05, 0.1) is 5.69 Å². The highest BCUT2D eigenvalue weighted by molar-refractivity contribution is 5.67. The van der Waals surface area contributed by atoms with Crippen LogP contribution in [-0.2, 0) is 6.54 Å². The number of anilines is 1. The lowest BCUT2D eigenvalue weighted by molar-refractivity contribution is 0.587. The van der Waals surface area contributed by atoms with E-state index in [9.17, 15) is 8.78 Å². The van der Waals surface area contributed by atoms with Crippen LogP contribution in [-0.4, -0.2) is 14.6 Å². The van der Waals surface area contributed by atoms with E-state index in [0.717, 1.165) is 23.3 Å². The first-order chi connectivity index (χ1) is 9.63. The van der Waals surface area contributed by atoms with Gasteiger partial charge in [0.1, 0.15) is 17.2 Å². The van der Waals surface area contributed by atoms with Gasteiger partial charge in [-0.3, -0.25) is 0 Å². The second-order valence-electron chi connectivity index (χ2n) is 4.48. The van der Waals surface area contributed by atoms with E-state index in [2.05, 4.69) is 15.4 Å². The van der Waals surface area contributed by atoms with Gasteiger partial charge < -0.3 is 5.32 Å². The van der Waals surface area contributed by atoms with Crippen LogP contribution in [0.15, 0.2) is 36.7 Å². The molecule has 3 rings (SSSR count). The van der Waals surface area contributed by atoms with Gasteiger partial charge in [-0.2, -0.15) is 5.10 Å². The van der Waals surface area contributed by atoms with Gasteiger partial charge in [0.25, 0.3) is 0 Å². The Labute approximate surface area is 114 Å². The molecule has 0 aliphatic rings. The molecule has 6 heteroatoms. The smallest absolute Gasteiger partial charge is 0.152 e. The van der Waals surface area contributed by atoms with Crippen molar-refractivity contribution in [2.24, 2.45) is 0 Å². The molecule has 2 heterocycles. The van der Waals surface area contributed by atoms with Crippen LogP contribution in [0.4, 0.5) is 14.6 Å². The molecule has 0 bridgehead atoms. The molecular formula is C14H12F2N4. The molecular weight excluding hydrogens is 262 g/mol. The van der Waals surface area contributed by atoms with Gasteiger partial charge in [0, 0.05) is 24.5 Å². The number of benzene rings is 1. The number of rotatable bonds is 3. The number of nitrogens with zero attached hydrogens (tertiary/aromatic N) is 3. The summed E-state index contributed by atoms with van der Waals surface area (Å²) in [6, 6.07) is 5.25. The molecule has 20 heavy (non-hydrogen) atoms. The zero-order valence-corrected chi connectivity index (χ0v) is 10.8. The summed E-state index contributed by atoms with van der Waals surface area (Å²) < 4.78 is 28.3. The van der Waals surface area contributed by atoms with E-state index in [0.29, 0.717) is 5.82 Å². The monoisotopic (exact) mass is 274 g/mol. The predicted molar refractivity (Wildman–Crippen MR) is 71.4 cm³/mol. The van der Waals surface area contributed by atoms with E-state index in [4.69, 9.17) is 0 Å². The first kappa shape index (κ1) is 12.5. The number of fused-ring (bicyclic) bond motifs is 1. The molecule has 4 nitrogen and oxygen atoms in total. The number of aromatic nitrogens is 3. The van der Waals surface area contributed by atoms with Gasteiger partial charge >= 0.3 is 0 Å². The van der Waals surface area contributed by atoms with Gasteiger partial charge in [-0.1, -0.05) is 0 Å². The Balaban J connectivity index is 1.88. The molecule has 0 spiro atoms. The van der Waals surface area contributed by atoms with Crippen molar-refractivity contribution in [2.45, 2.75) is 13.5 Å². The van der Waals surface area contributed by atoms with Crippen molar-refractivity contribution in [3.63, 3.8) is 0 Å². The van der Waals surface area contributed by atoms with Crippen LogP contribution in [0.25, 0.3) is 5.52 Å².